The van der Waals surface area contributed by atoms with Crippen LogP contribution < -0.4 is 0 Å². The first-order chi connectivity index (χ1) is 18.7. The molecule has 4 aromatic carbocycles. The lowest BCUT2D eigenvalue weighted by Gasteiger charge is -2.12. The number of nitriles is 2. The highest BCUT2D eigenvalue weighted by Gasteiger charge is 2.17. The van der Waals surface area contributed by atoms with E-state index < -0.39 is 0 Å². The molecule has 0 fully saturated rings. The Kier molecular flexibility index (Phi) is 6.68. The standard InChI is InChI=1S/C31H19N5.C2H6/c1-20-6-2-3-7-25(20)22-10-13-30-27(15-22)26-8-4-5-9-29(26)36(30)28-12-11-23(14-24(28)17-33)31-34-18-21(16-32)19-35-31;1-2/h2-15,18-19H,1H3;1-2H3. The molecule has 2 aromatic heterocycles. The van der Waals surface area contributed by atoms with Crippen LogP contribution in [0.1, 0.15) is 30.5 Å². The van der Waals surface area contributed by atoms with Crippen molar-refractivity contribution in [2.45, 2.75) is 20.8 Å². The van der Waals surface area contributed by atoms with Crippen molar-refractivity contribution in [3.8, 4) is 40.3 Å². The predicted octanol–water partition coefficient (Wildman–Crippen LogP) is 7.99. The molecule has 5 heteroatoms. The number of rotatable bonds is 3. The van der Waals surface area contributed by atoms with Crippen molar-refractivity contribution in [3.05, 3.63) is 114 Å². The number of hydrogen-bond acceptors (Lipinski definition) is 4. The summed E-state index contributed by atoms with van der Waals surface area (Å²) >= 11 is 0. The minimum absolute atomic E-state index is 0.395. The Morgan fingerprint density at radius 3 is 2.11 bits per heavy atom. The maximum absolute atomic E-state index is 10.1. The summed E-state index contributed by atoms with van der Waals surface area (Å²) in [5, 5.41) is 21.4. The van der Waals surface area contributed by atoms with Gasteiger partial charge in [-0.25, -0.2) is 9.97 Å². The van der Waals surface area contributed by atoms with Crippen molar-refractivity contribution < 1.29 is 0 Å². The summed E-state index contributed by atoms with van der Waals surface area (Å²) in [4.78, 5) is 8.57. The molecule has 0 N–H and O–H groups in total. The summed E-state index contributed by atoms with van der Waals surface area (Å²) in [5.41, 5.74) is 8.11. The molecule has 2 heterocycles. The Morgan fingerprint density at radius 2 is 1.37 bits per heavy atom. The normalized spacial score (nSPS) is 10.4. The van der Waals surface area contributed by atoms with Crippen LogP contribution in [0.15, 0.2) is 97.3 Å². The van der Waals surface area contributed by atoms with Gasteiger partial charge in [-0.3, -0.25) is 0 Å². The number of benzene rings is 4. The van der Waals surface area contributed by atoms with Gasteiger partial charge in [0.1, 0.15) is 12.1 Å². The van der Waals surface area contributed by atoms with Gasteiger partial charge in [-0.1, -0.05) is 62.4 Å². The summed E-state index contributed by atoms with van der Waals surface area (Å²) in [6.45, 7) is 6.13. The first kappa shape index (κ1) is 24.4. The monoisotopic (exact) mass is 491 g/mol. The van der Waals surface area contributed by atoms with Gasteiger partial charge in [0.25, 0.3) is 0 Å². The van der Waals surface area contributed by atoms with E-state index in [2.05, 4.69) is 82.1 Å². The van der Waals surface area contributed by atoms with Crippen LogP contribution in [0.3, 0.4) is 0 Å². The van der Waals surface area contributed by atoms with E-state index in [0.29, 0.717) is 17.0 Å². The van der Waals surface area contributed by atoms with E-state index in [0.717, 1.165) is 38.6 Å². The molecule has 0 bridgehead atoms. The fraction of sp³-hybridized carbons (Fsp3) is 0.0909. The average Bonchev–Trinajstić information content (AvgIpc) is 3.31. The molecule has 0 saturated carbocycles. The van der Waals surface area contributed by atoms with Crippen LogP contribution in [0.4, 0.5) is 0 Å². The first-order valence-electron chi connectivity index (χ1n) is 12.5. The highest BCUT2D eigenvalue weighted by molar-refractivity contribution is 6.10. The summed E-state index contributed by atoms with van der Waals surface area (Å²) in [6, 6.07) is 33.2. The molecule has 6 aromatic rings. The third-order valence-electron chi connectivity index (χ3n) is 6.53. The van der Waals surface area contributed by atoms with Crippen LogP contribution in [-0.4, -0.2) is 14.5 Å². The maximum atomic E-state index is 10.1. The average molecular weight is 492 g/mol. The molecule has 0 aliphatic rings. The summed E-state index contributed by atoms with van der Waals surface area (Å²) in [5.74, 6) is 0.474. The van der Waals surface area contributed by atoms with Gasteiger partial charge in [0, 0.05) is 28.7 Å². The van der Waals surface area contributed by atoms with Gasteiger partial charge in [0.2, 0.25) is 0 Å². The van der Waals surface area contributed by atoms with Gasteiger partial charge in [-0.15, -0.1) is 0 Å². The number of fused-ring (bicyclic) bond motifs is 3. The van der Waals surface area contributed by atoms with Crippen molar-refractivity contribution in [3.63, 3.8) is 0 Å². The Bertz CT molecular complexity index is 1870. The molecule has 0 saturated heterocycles. The molecule has 6 rings (SSSR count). The topological polar surface area (TPSA) is 78.3 Å². The van der Waals surface area contributed by atoms with Crippen LogP contribution >= 0.6 is 0 Å². The fourth-order valence-corrected chi connectivity index (χ4v) is 4.79. The molecule has 0 spiro atoms. The van der Waals surface area contributed by atoms with E-state index in [4.69, 9.17) is 5.26 Å². The number of hydrogen-bond donors (Lipinski definition) is 0. The molecule has 38 heavy (non-hydrogen) atoms. The van der Waals surface area contributed by atoms with Crippen LogP contribution in [0, 0.1) is 29.6 Å². The molecule has 0 amide bonds. The second-order valence-electron chi connectivity index (χ2n) is 8.65. The number of aryl methyl sites for hydroxylation is 1. The largest absolute Gasteiger partial charge is 0.308 e. The smallest absolute Gasteiger partial charge is 0.159 e. The third-order valence-corrected chi connectivity index (χ3v) is 6.53. The van der Waals surface area contributed by atoms with Crippen LogP contribution in [-0.2, 0) is 0 Å². The molecule has 0 aliphatic heterocycles. The summed E-state index contributed by atoms with van der Waals surface area (Å²) in [7, 11) is 0. The second kappa shape index (κ2) is 10.4. The minimum Gasteiger partial charge on any atom is -0.308 e. The number of aromatic nitrogens is 3. The number of para-hydroxylation sites is 1. The quantitative estimate of drug-likeness (QED) is 0.251. The first-order valence-corrected chi connectivity index (χ1v) is 12.5. The summed E-state index contributed by atoms with van der Waals surface area (Å²) in [6.07, 6.45) is 2.97. The van der Waals surface area contributed by atoms with E-state index in [1.165, 1.54) is 23.5 Å². The number of nitrogens with zero attached hydrogens (tertiary/aromatic N) is 5. The van der Waals surface area contributed by atoms with Crippen LogP contribution in [0.5, 0.6) is 0 Å². The van der Waals surface area contributed by atoms with E-state index in [-0.39, 0.29) is 0 Å². The van der Waals surface area contributed by atoms with Crippen molar-refractivity contribution in [2.75, 3.05) is 0 Å². The molecular formula is C33H25N5. The van der Waals surface area contributed by atoms with E-state index in [1.807, 2.05) is 44.2 Å². The van der Waals surface area contributed by atoms with Gasteiger partial charge in [-0.05, 0) is 60.0 Å². The Hall–Kier alpha value is -5.26. The molecule has 0 atom stereocenters. The Labute approximate surface area is 221 Å². The summed E-state index contributed by atoms with van der Waals surface area (Å²) < 4.78 is 2.15. The zero-order valence-corrected chi connectivity index (χ0v) is 21.5. The maximum Gasteiger partial charge on any atom is 0.159 e. The van der Waals surface area contributed by atoms with Gasteiger partial charge in [0.05, 0.1) is 27.8 Å². The highest BCUT2D eigenvalue weighted by Crippen LogP contribution is 2.36. The molecule has 0 radical (unpaired) electrons. The van der Waals surface area contributed by atoms with Gasteiger partial charge in [-0.2, -0.15) is 10.5 Å². The van der Waals surface area contributed by atoms with Crippen molar-refractivity contribution >= 4 is 21.8 Å². The van der Waals surface area contributed by atoms with E-state index >= 15 is 0 Å². The van der Waals surface area contributed by atoms with Crippen LogP contribution in [0.2, 0.25) is 0 Å². The minimum atomic E-state index is 0.395. The van der Waals surface area contributed by atoms with Gasteiger partial charge >= 0.3 is 0 Å². The van der Waals surface area contributed by atoms with E-state index in [9.17, 15) is 5.26 Å². The third kappa shape index (κ3) is 4.17. The van der Waals surface area contributed by atoms with Crippen molar-refractivity contribution in [1.82, 2.24) is 14.5 Å². The Morgan fingerprint density at radius 1 is 0.684 bits per heavy atom. The van der Waals surface area contributed by atoms with Gasteiger partial charge in [0.15, 0.2) is 5.82 Å². The molecule has 0 unspecified atom stereocenters. The van der Waals surface area contributed by atoms with Crippen molar-refractivity contribution in [2.24, 2.45) is 0 Å². The SMILES string of the molecule is CC.Cc1ccccc1-c1ccc2c(c1)c1ccccc1n2-c1ccc(-c2ncc(C#N)cn2)cc1C#N. The van der Waals surface area contributed by atoms with Crippen molar-refractivity contribution in [1.29, 1.82) is 10.5 Å². The lowest BCUT2D eigenvalue weighted by atomic mass is 9.99. The zero-order chi connectivity index (χ0) is 26.6. The zero-order valence-electron chi connectivity index (χ0n) is 21.5. The lowest BCUT2D eigenvalue weighted by molar-refractivity contribution is 1.14. The van der Waals surface area contributed by atoms with Crippen LogP contribution in [0.25, 0.3) is 50.0 Å². The van der Waals surface area contributed by atoms with E-state index in [1.54, 1.807) is 6.07 Å². The molecule has 5 nitrogen and oxygen atoms in total. The molecular weight excluding hydrogens is 466 g/mol. The van der Waals surface area contributed by atoms with Gasteiger partial charge < -0.3 is 4.57 Å². The molecule has 0 aliphatic carbocycles. The second-order valence-corrected chi connectivity index (χ2v) is 8.65. The predicted molar refractivity (Wildman–Crippen MR) is 153 cm³/mol. The fourth-order valence-electron chi connectivity index (χ4n) is 4.79. The Balaban J connectivity index is 0.00000144. The molecule has 182 valence electrons. The lowest BCUT2D eigenvalue weighted by Crippen LogP contribution is -1.99. The highest BCUT2D eigenvalue weighted by atomic mass is 15.0.